The second-order valence-electron chi connectivity index (χ2n) is 13.2. The van der Waals surface area contributed by atoms with Gasteiger partial charge in [-0.15, -0.1) is 54.1 Å². The molecule has 0 atom stereocenters. The van der Waals surface area contributed by atoms with Gasteiger partial charge >= 0.3 is 0 Å². The van der Waals surface area contributed by atoms with Gasteiger partial charge in [0.15, 0.2) is 5.65 Å². The molecule has 1 radical (unpaired) electrons. The second-order valence-corrected chi connectivity index (χ2v) is 13.2. The first-order valence-corrected chi connectivity index (χ1v) is 16.7. The van der Waals surface area contributed by atoms with Gasteiger partial charge in [-0.3, -0.25) is 4.98 Å². The number of rotatable bonds is 4. The number of hydrogen-bond donors (Lipinski definition) is 0. The van der Waals surface area contributed by atoms with E-state index in [2.05, 4.69) is 115 Å². The number of furan rings is 1. The Kier molecular flexibility index (Phi) is 9.46. The first-order chi connectivity index (χ1) is 24.4. The number of nitrogens with zero attached hydrogens (tertiary/aromatic N) is 4. The van der Waals surface area contributed by atoms with Gasteiger partial charge in [-0.2, -0.15) is 0 Å². The first-order valence-electron chi connectivity index (χ1n) is 16.7. The average Bonchev–Trinajstić information content (AvgIpc) is 3.74. The summed E-state index contributed by atoms with van der Waals surface area (Å²) in [4.78, 5) is 14.4. The molecule has 9 aromatic rings. The number of hydrogen-bond acceptors (Lipinski definition) is 4. The maximum atomic E-state index is 6.56. The Bertz CT molecular complexity index is 2520. The van der Waals surface area contributed by atoms with E-state index in [1.807, 2.05) is 72.8 Å². The van der Waals surface area contributed by atoms with Gasteiger partial charge in [0.05, 0.1) is 16.9 Å². The molecular formula is C45H34IrN4O-2. The minimum absolute atomic E-state index is 0. The number of benzene rings is 5. The van der Waals surface area contributed by atoms with Crippen molar-refractivity contribution in [1.82, 2.24) is 19.5 Å². The van der Waals surface area contributed by atoms with Crippen LogP contribution < -0.4 is 0 Å². The molecule has 0 bridgehead atoms. The standard InChI is InChI=1S/C34H26N3O.C11H8N.Ir/c1-34(2,3)30-20-19-28-33(36-30)37(24-13-8-5-9-14-24)32(35-28)27-16-10-15-26-25-18-17-23(21-29(25)38-31(26)27)22-11-6-4-7-12-22;1-2-6-10(7-3-1)11-8-4-5-9-12-11;/h4-15,17-21H,1-3H3;1-6,8-9H;/q2*-1;. The number of pyridine rings is 2. The number of aromatic nitrogens is 4. The van der Waals surface area contributed by atoms with Crippen molar-refractivity contribution in [3.05, 3.63) is 170 Å². The number of para-hydroxylation sites is 1. The van der Waals surface area contributed by atoms with E-state index in [4.69, 9.17) is 14.4 Å². The summed E-state index contributed by atoms with van der Waals surface area (Å²) in [5.74, 6) is 0.762. The van der Waals surface area contributed by atoms with Gasteiger partial charge in [-0.1, -0.05) is 105 Å². The van der Waals surface area contributed by atoms with Gasteiger partial charge in [-0.05, 0) is 53.2 Å². The maximum Gasteiger partial charge on any atom is 0.155 e. The fourth-order valence-electron chi connectivity index (χ4n) is 6.16. The molecule has 0 saturated carbocycles. The van der Waals surface area contributed by atoms with Crippen LogP contribution in [0.2, 0.25) is 0 Å². The third kappa shape index (κ3) is 6.76. The van der Waals surface area contributed by atoms with Crippen molar-refractivity contribution in [3.8, 4) is 39.5 Å². The van der Waals surface area contributed by atoms with Crippen LogP contribution >= 0.6 is 0 Å². The summed E-state index contributed by atoms with van der Waals surface area (Å²) in [6.45, 7) is 6.54. The van der Waals surface area contributed by atoms with Crippen molar-refractivity contribution in [2.24, 2.45) is 0 Å². The van der Waals surface area contributed by atoms with Crippen LogP contribution in [0, 0.1) is 12.1 Å². The maximum absolute atomic E-state index is 6.56. The van der Waals surface area contributed by atoms with Crippen molar-refractivity contribution in [2.45, 2.75) is 26.2 Å². The summed E-state index contributed by atoms with van der Waals surface area (Å²) in [6, 6.07) is 55.5. The van der Waals surface area contributed by atoms with E-state index in [0.717, 1.165) is 78.3 Å². The molecule has 0 N–H and O–H groups in total. The van der Waals surface area contributed by atoms with Gasteiger partial charge in [0.25, 0.3) is 0 Å². The molecule has 0 unspecified atom stereocenters. The molecule has 51 heavy (non-hydrogen) atoms. The van der Waals surface area contributed by atoms with Crippen molar-refractivity contribution < 1.29 is 24.5 Å². The zero-order valence-corrected chi connectivity index (χ0v) is 30.9. The van der Waals surface area contributed by atoms with Gasteiger partial charge in [0, 0.05) is 48.5 Å². The summed E-state index contributed by atoms with van der Waals surface area (Å²) < 4.78 is 8.68. The molecule has 0 spiro atoms. The smallest absolute Gasteiger partial charge is 0.155 e. The molecule has 0 amide bonds. The van der Waals surface area contributed by atoms with Crippen molar-refractivity contribution in [3.63, 3.8) is 0 Å². The molecule has 4 aromatic heterocycles. The topological polar surface area (TPSA) is 56.7 Å². The van der Waals surface area contributed by atoms with Crippen LogP contribution in [0.1, 0.15) is 26.5 Å². The second kappa shape index (κ2) is 14.3. The molecule has 5 nitrogen and oxygen atoms in total. The Labute approximate surface area is 311 Å². The normalized spacial score (nSPS) is 11.3. The molecule has 4 heterocycles. The minimum Gasteiger partial charge on any atom is -0.501 e. The Balaban J connectivity index is 0.000000265. The van der Waals surface area contributed by atoms with Crippen LogP contribution in [0.25, 0.3) is 72.6 Å². The SMILES string of the molecule is CC(C)(C)c1ccc2nc(-c3[c-]ccc4c3oc3cc(-c5ccccc5)ccc34)n(-c3ccccc3)c2n1.[Ir].[c-]1ccccc1-c1ccccn1. The third-order valence-electron chi connectivity index (χ3n) is 8.70. The summed E-state index contributed by atoms with van der Waals surface area (Å²) >= 11 is 0. The van der Waals surface area contributed by atoms with Crippen LogP contribution in [0.15, 0.2) is 156 Å². The Hall–Kier alpha value is -5.68. The van der Waals surface area contributed by atoms with Crippen molar-refractivity contribution in [2.75, 3.05) is 0 Å². The van der Waals surface area contributed by atoms with Crippen LogP contribution in [0.3, 0.4) is 0 Å². The van der Waals surface area contributed by atoms with E-state index >= 15 is 0 Å². The Morgan fingerprint density at radius 1 is 0.647 bits per heavy atom. The molecule has 0 aliphatic carbocycles. The van der Waals surface area contributed by atoms with Crippen molar-refractivity contribution >= 4 is 33.1 Å². The van der Waals surface area contributed by atoms with E-state index < -0.39 is 0 Å². The predicted molar refractivity (Wildman–Crippen MR) is 203 cm³/mol. The molecule has 251 valence electrons. The monoisotopic (exact) mass is 839 g/mol. The fraction of sp³-hybridized carbons (Fsp3) is 0.0889. The summed E-state index contributed by atoms with van der Waals surface area (Å²) in [6.07, 6.45) is 1.79. The predicted octanol–water partition coefficient (Wildman–Crippen LogP) is 11.3. The minimum atomic E-state index is -0.0819. The van der Waals surface area contributed by atoms with Crippen LogP contribution in [-0.2, 0) is 25.5 Å². The third-order valence-corrected chi connectivity index (χ3v) is 8.70. The summed E-state index contributed by atoms with van der Waals surface area (Å²) in [7, 11) is 0. The van der Waals surface area contributed by atoms with Crippen LogP contribution in [-0.4, -0.2) is 19.5 Å². The summed E-state index contributed by atoms with van der Waals surface area (Å²) in [5.41, 5.74) is 10.3. The molecule has 0 fully saturated rings. The summed E-state index contributed by atoms with van der Waals surface area (Å²) in [5, 5.41) is 2.12. The molecule has 0 aliphatic heterocycles. The van der Waals surface area contributed by atoms with Crippen LogP contribution in [0.5, 0.6) is 0 Å². The average molecular weight is 839 g/mol. The fourth-order valence-corrected chi connectivity index (χ4v) is 6.16. The van der Waals surface area contributed by atoms with Crippen molar-refractivity contribution in [1.29, 1.82) is 0 Å². The molecule has 5 aromatic carbocycles. The quantitative estimate of drug-likeness (QED) is 0.166. The number of fused-ring (bicyclic) bond motifs is 4. The molecular weight excluding hydrogens is 805 g/mol. The van der Waals surface area contributed by atoms with E-state index in [1.54, 1.807) is 6.20 Å². The molecule has 9 rings (SSSR count). The van der Waals surface area contributed by atoms with Gasteiger partial charge in [-0.25, -0.2) is 4.98 Å². The largest absolute Gasteiger partial charge is 0.501 e. The van der Waals surface area contributed by atoms with E-state index in [9.17, 15) is 0 Å². The zero-order valence-electron chi connectivity index (χ0n) is 28.5. The Morgan fingerprint density at radius 2 is 1.41 bits per heavy atom. The van der Waals surface area contributed by atoms with Crippen LogP contribution in [0.4, 0.5) is 0 Å². The van der Waals surface area contributed by atoms with E-state index in [0.29, 0.717) is 0 Å². The Morgan fingerprint density at radius 3 is 2.14 bits per heavy atom. The number of imidazole rings is 1. The van der Waals surface area contributed by atoms with Gasteiger partial charge < -0.3 is 14.0 Å². The molecule has 0 aliphatic rings. The molecule has 6 heteroatoms. The van der Waals surface area contributed by atoms with E-state index in [-0.39, 0.29) is 25.5 Å². The zero-order chi connectivity index (χ0) is 34.1. The van der Waals surface area contributed by atoms with Gasteiger partial charge in [0.2, 0.25) is 0 Å². The van der Waals surface area contributed by atoms with Gasteiger partial charge in [0.1, 0.15) is 5.58 Å². The first kappa shape index (κ1) is 33.8. The molecule has 0 saturated heterocycles. The van der Waals surface area contributed by atoms with E-state index in [1.165, 1.54) is 0 Å².